The molecular weight excluding hydrogens is 336 g/mol. The number of hydrogen-bond donors (Lipinski definition) is 2. The quantitative estimate of drug-likeness (QED) is 0.788. The standard InChI is InChI=1S/C19H24N2O5/c22-17(9-6-13-4-2-1-3-5-13)21-11-10-14(12-21)20-18(23)15-7-8-16(26-15)19(24)25/h1-5,14-16H,6-12H2,(H,20,23)(H,24,25)/t14?,15-,16+/m0/s1. The minimum absolute atomic E-state index is 0.0914. The molecule has 1 unspecified atom stereocenters. The summed E-state index contributed by atoms with van der Waals surface area (Å²) in [5.74, 6) is -1.22. The first-order valence-electron chi connectivity index (χ1n) is 9.03. The van der Waals surface area contributed by atoms with Crippen LogP contribution in [-0.2, 0) is 25.5 Å². The van der Waals surface area contributed by atoms with Crippen LogP contribution in [0.3, 0.4) is 0 Å². The first kappa shape index (κ1) is 18.4. The lowest BCUT2D eigenvalue weighted by Crippen LogP contribution is -2.43. The van der Waals surface area contributed by atoms with Crippen molar-refractivity contribution in [2.24, 2.45) is 0 Å². The predicted octanol–water partition coefficient (Wildman–Crippen LogP) is 0.968. The topological polar surface area (TPSA) is 95.9 Å². The fraction of sp³-hybridized carbons (Fsp3) is 0.526. The zero-order valence-corrected chi connectivity index (χ0v) is 14.6. The first-order chi connectivity index (χ1) is 12.5. The molecule has 1 aromatic carbocycles. The van der Waals surface area contributed by atoms with Gasteiger partial charge in [0.2, 0.25) is 11.8 Å². The smallest absolute Gasteiger partial charge is 0.332 e. The van der Waals surface area contributed by atoms with Crippen LogP contribution >= 0.6 is 0 Å². The van der Waals surface area contributed by atoms with Crippen LogP contribution in [0.5, 0.6) is 0 Å². The fourth-order valence-corrected chi connectivity index (χ4v) is 3.46. The lowest BCUT2D eigenvalue weighted by molar-refractivity contribution is -0.152. The van der Waals surface area contributed by atoms with Crippen molar-refractivity contribution in [3.63, 3.8) is 0 Å². The molecule has 0 aromatic heterocycles. The molecule has 0 bridgehead atoms. The van der Waals surface area contributed by atoms with Gasteiger partial charge >= 0.3 is 5.97 Å². The number of hydrogen-bond acceptors (Lipinski definition) is 4. The maximum atomic E-state index is 12.3. The number of rotatable bonds is 6. The second kappa shape index (κ2) is 8.31. The number of amides is 2. The van der Waals surface area contributed by atoms with Crippen LogP contribution in [0, 0.1) is 0 Å². The number of aryl methyl sites for hydroxylation is 1. The average Bonchev–Trinajstić information content (AvgIpc) is 3.30. The van der Waals surface area contributed by atoms with Gasteiger partial charge in [-0.3, -0.25) is 9.59 Å². The molecule has 7 heteroatoms. The van der Waals surface area contributed by atoms with E-state index in [-0.39, 0.29) is 17.9 Å². The van der Waals surface area contributed by atoms with Crippen molar-refractivity contribution in [2.75, 3.05) is 13.1 Å². The van der Waals surface area contributed by atoms with E-state index in [4.69, 9.17) is 9.84 Å². The van der Waals surface area contributed by atoms with Crippen molar-refractivity contribution in [3.8, 4) is 0 Å². The highest BCUT2D eigenvalue weighted by Crippen LogP contribution is 2.21. The van der Waals surface area contributed by atoms with Crippen LogP contribution < -0.4 is 5.32 Å². The molecule has 3 rings (SSSR count). The number of carboxylic acids is 1. The Hall–Kier alpha value is -2.41. The number of ether oxygens (including phenoxy) is 1. The highest BCUT2D eigenvalue weighted by atomic mass is 16.5. The second-order valence-corrected chi connectivity index (χ2v) is 6.85. The fourth-order valence-electron chi connectivity index (χ4n) is 3.46. The summed E-state index contributed by atoms with van der Waals surface area (Å²) in [6, 6.07) is 9.78. The van der Waals surface area contributed by atoms with E-state index < -0.39 is 18.2 Å². The summed E-state index contributed by atoms with van der Waals surface area (Å²) in [7, 11) is 0. The van der Waals surface area contributed by atoms with Gasteiger partial charge in [-0.1, -0.05) is 30.3 Å². The summed E-state index contributed by atoms with van der Waals surface area (Å²) in [6.45, 7) is 1.12. The molecule has 0 spiro atoms. The molecule has 7 nitrogen and oxygen atoms in total. The molecule has 0 saturated carbocycles. The Morgan fingerprint density at radius 3 is 2.54 bits per heavy atom. The summed E-state index contributed by atoms with van der Waals surface area (Å²) >= 11 is 0. The number of carbonyl (C=O) groups is 3. The number of aliphatic carboxylic acids is 1. The molecule has 2 saturated heterocycles. The monoisotopic (exact) mass is 360 g/mol. The Kier molecular flexibility index (Phi) is 5.88. The van der Waals surface area contributed by atoms with Crippen LogP contribution in [-0.4, -0.2) is 59.1 Å². The Morgan fingerprint density at radius 1 is 1.12 bits per heavy atom. The molecule has 2 fully saturated rings. The van der Waals surface area contributed by atoms with E-state index >= 15 is 0 Å². The van der Waals surface area contributed by atoms with E-state index in [2.05, 4.69) is 5.32 Å². The number of nitrogens with one attached hydrogen (secondary N) is 1. The van der Waals surface area contributed by atoms with Gasteiger partial charge in [0.25, 0.3) is 0 Å². The van der Waals surface area contributed by atoms with Crippen LogP contribution in [0.25, 0.3) is 0 Å². The molecule has 1 aromatic rings. The molecule has 0 radical (unpaired) electrons. The van der Waals surface area contributed by atoms with E-state index in [1.807, 2.05) is 30.3 Å². The molecule has 26 heavy (non-hydrogen) atoms. The third kappa shape index (κ3) is 4.60. The Bertz CT molecular complexity index is 663. The number of benzene rings is 1. The maximum absolute atomic E-state index is 12.3. The van der Waals surface area contributed by atoms with Gasteiger partial charge in [0.05, 0.1) is 0 Å². The van der Waals surface area contributed by atoms with Crippen molar-refractivity contribution in [1.29, 1.82) is 0 Å². The zero-order chi connectivity index (χ0) is 18.5. The van der Waals surface area contributed by atoms with E-state index in [0.29, 0.717) is 45.2 Å². The molecule has 2 aliphatic heterocycles. The van der Waals surface area contributed by atoms with Crippen molar-refractivity contribution in [1.82, 2.24) is 10.2 Å². The third-order valence-electron chi connectivity index (χ3n) is 4.95. The van der Waals surface area contributed by atoms with Gasteiger partial charge in [-0.15, -0.1) is 0 Å². The molecule has 140 valence electrons. The molecule has 3 atom stereocenters. The SMILES string of the molecule is O=C(NC1CCN(C(=O)CCc2ccccc2)C1)[C@@H]1CC[C@H](C(=O)O)O1. The summed E-state index contributed by atoms with van der Waals surface area (Å²) in [4.78, 5) is 37.2. The van der Waals surface area contributed by atoms with Crippen LogP contribution in [0.15, 0.2) is 30.3 Å². The minimum Gasteiger partial charge on any atom is -0.479 e. The van der Waals surface area contributed by atoms with Gasteiger partial charge in [0.1, 0.15) is 6.10 Å². The average molecular weight is 360 g/mol. The van der Waals surface area contributed by atoms with Gasteiger partial charge in [-0.2, -0.15) is 0 Å². The number of carbonyl (C=O) groups excluding carboxylic acids is 2. The van der Waals surface area contributed by atoms with Crippen LogP contribution in [0.1, 0.15) is 31.2 Å². The lowest BCUT2D eigenvalue weighted by Gasteiger charge is -2.18. The van der Waals surface area contributed by atoms with Gasteiger partial charge in [-0.05, 0) is 31.2 Å². The molecule has 0 aliphatic carbocycles. The summed E-state index contributed by atoms with van der Waals surface area (Å²) in [5.41, 5.74) is 1.14. The molecule has 2 N–H and O–H groups in total. The van der Waals surface area contributed by atoms with E-state index in [1.54, 1.807) is 4.90 Å². The van der Waals surface area contributed by atoms with E-state index in [9.17, 15) is 14.4 Å². The third-order valence-corrected chi connectivity index (χ3v) is 4.95. The summed E-state index contributed by atoms with van der Waals surface area (Å²) < 4.78 is 5.26. The van der Waals surface area contributed by atoms with Crippen LogP contribution in [0.4, 0.5) is 0 Å². The van der Waals surface area contributed by atoms with E-state index in [0.717, 1.165) is 5.56 Å². The first-order valence-corrected chi connectivity index (χ1v) is 9.03. The lowest BCUT2D eigenvalue weighted by atomic mass is 10.1. The summed E-state index contributed by atoms with van der Waals surface area (Å²) in [6.07, 6.45) is 1.02. The number of likely N-dealkylation sites (tertiary alicyclic amines) is 1. The van der Waals surface area contributed by atoms with Gasteiger partial charge in [-0.25, -0.2) is 4.79 Å². The van der Waals surface area contributed by atoms with Crippen molar-refractivity contribution < 1.29 is 24.2 Å². The maximum Gasteiger partial charge on any atom is 0.332 e. The molecule has 2 heterocycles. The Balaban J connectivity index is 1.41. The summed E-state index contributed by atoms with van der Waals surface area (Å²) in [5, 5.41) is 11.8. The van der Waals surface area contributed by atoms with E-state index in [1.165, 1.54) is 0 Å². The predicted molar refractivity (Wildman–Crippen MR) is 93.4 cm³/mol. The van der Waals surface area contributed by atoms with Gasteiger partial charge in [0, 0.05) is 25.6 Å². The van der Waals surface area contributed by atoms with Crippen LogP contribution in [0.2, 0.25) is 0 Å². The molecular formula is C19H24N2O5. The zero-order valence-electron chi connectivity index (χ0n) is 14.6. The highest BCUT2D eigenvalue weighted by Gasteiger charge is 2.36. The number of nitrogens with zero attached hydrogens (tertiary/aromatic N) is 1. The Morgan fingerprint density at radius 2 is 1.85 bits per heavy atom. The van der Waals surface area contributed by atoms with Gasteiger partial charge in [0.15, 0.2) is 6.10 Å². The largest absolute Gasteiger partial charge is 0.479 e. The Labute approximate surface area is 152 Å². The normalized spacial score (nSPS) is 25.2. The highest BCUT2D eigenvalue weighted by molar-refractivity contribution is 5.83. The van der Waals surface area contributed by atoms with Crippen molar-refractivity contribution in [3.05, 3.63) is 35.9 Å². The minimum atomic E-state index is -1.03. The molecule has 2 amide bonds. The molecule has 2 aliphatic rings. The number of carboxylic acid groups (broad SMARTS) is 1. The second-order valence-electron chi connectivity index (χ2n) is 6.85. The van der Waals surface area contributed by atoms with Gasteiger partial charge < -0.3 is 20.1 Å². The van der Waals surface area contributed by atoms with Crippen molar-refractivity contribution in [2.45, 2.75) is 50.4 Å². The van der Waals surface area contributed by atoms with Crippen molar-refractivity contribution >= 4 is 17.8 Å².